The zero-order valence-electron chi connectivity index (χ0n) is 5.67. The molecule has 0 aromatic carbocycles. The van der Waals surface area contributed by atoms with Gasteiger partial charge in [-0.1, -0.05) is 0 Å². The van der Waals surface area contributed by atoms with Crippen molar-refractivity contribution in [1.29, 1.82) is 0 Å². The van der Waals surface area contributed by atoms with Gasteiger partial charge in [0.25, 0.3) is 0 Å². The third-order valence-electron chi connectivity index (χ3n) is 1.49. The van der Waals surface area contributed by atoms with Gasteiger partial charge >= 0.3 is 5.97 Å². The molecule has 1 aliphatic heterocycles. The van der Waals surface area contributed by atoms with Crippen molar-refractivity contribution in [2.24, 2.45) is 0 Å². The molecule has 1 atom stereocenters. The van der Waals surface area contributed by atoms with Crippen molar-refractivity contribution < 1.29 is 14.6 Å². The molecule has 0 aliphatic carbocycles. The van der Waals surface area contributed by atoms with Gasteiger partial charge in [-0.15, -0.1) is 0 Å². The van der Waals surface area contributed by atoms with E-state index in [-0.39, 0.29) is 0 Å². The largest absolute Gasteiger partial charge is 0.480 e. The molecule has 0 aromatic heterocycles. The van der Waals surface area contributed by atoms with Crippen LogP contribution in [0.4, 0.5) is 0 Å². The highest BCUT2D eigenvalue weighted by Gasteiger charge is 2.17. The van der Waals surface area contributed by atoms with Crippen molar-refractivity contribution in [1.82, 2.24) is 5.32 Å². The molecule has 1 aliphatic rings. The lowest BCUT2D eigenvalue weighted by atomic mass is 10.2. The fourth-order valence-electron chi connectivity index (χ4n) is 0.921. The summed E-state index contributed by atoms with van der Waals surface area (Å²) in [6.07, 6.45) is 0.565. The molecule has 2 N–H and O–H groups in total. The smallest absolute Gasteiger partial charge is 0.320 e. The van der Waals surface area contributed by atoms with Crippen molar-refractivity contribution in [2.75, 3.05) is 19.8 Å². The van der Waals surface area contributed by atoms with E-state index >= 15 is 0 Å². The van der Waals surface area contributed by atoms with Gasteiger partial charge in [-0.2, -0.15) is 0 Å². The monoisotopic (exact) mass is 145 g/mol. The van der Waals surface area contributed by atoms with E-state index in [2.05, 4.69) is 5.32 Å². The normalized spacial score (nSPS) is 27.4. The van der Waals surface area contributed by atoms with E-state index in [1.54, 1.807) is 0 Å². The first-order chi connectivity index (χ1) is 4.80. The minimum Gasteiger partial charge on any atom is -0.480 e. The molecule has 58 valence electrons. The number of ether oxygens (including phenoxy) is 1. The number of hydrogen-bond acceptors (Lipinski definition) is 3. The van der Waals surface area contributed by atoms with Crippen LogP contribution in [0.25, 0.3) is 0 Å². The number of carboxylic acid groups (broad SMARTS) is 1. The first-order valence-electron chi connectivity index (χ1n) is 3.34. The number of aliphatic carboxylic acids is 1. The number of nitrogens with one attached hydrogen (secondary N) is 1. The molecule has 1 fully saturated rings. The fourth-order valence-corrected chi connectivity index (χ4v) is 0.921. The Bertz CT molecular complexity index is 118. The summed E-state index contributed by atoms with van der Waals surface area (Å²) < 4.78 is 5.05. The second-order valence-corrected chi connectivity index (χ2v) is 2.25. The number of hydrogen-bond donors (Lipinski definition) is 2. The minimum atomic E-state index is -0.787. The van der Waals surface area contributed by atoms with E-state index < -0.39 is 12.0 Å². The average Bonchev–Trinajstić information content (AvgIpc) is 2.12. The highest BCUT2D eigenvalue weighted by molar-refractivity contribution is 5.73. The summed E-state index contributed by atoms with van der Waals surface area (Å²) in [5, 5.41) is 11.4. The lowest BCUT2D eigenvalue weighted by molar-refractivity contribution is -0.139. The predicted octanol–water partition coefficient (Wildman–Crippen LogP) is -0.550. The van der Waals surface area contributed by atoms with Gasteiger partial charge in [0.1, 0.15) is 6.04 Å². The summed E-state index contributed by atoms with van der Waals surface area (Å²) in [5.74, 6) is -0.787. The van der Waals surface area contributed by atoms with Crippen LogP contribution < -0.4 is 5.32 Å². The van der Waals surface area contributed by atoms with Crippen molar-refractivity contribution in [3.05, 3.63) is 0 Å². The van der Waals surface area contributed by atoms with Crippen LogP contribution in [0, 0.1) is 0 Å². The van der Waals surface area contributed by atoms with Crippen molar-refractivity contribution >= 4 is 5.97 Å². The summed E-state index contributed by atoms with van der Waals surface area (Å²) in [6, 6.07) is -0.414. The molecular formula is C6H11NO3. The van der Waals surface area contributed by atoms with Crippen LogP contribution in [-0.4, -0.2) is 36.9 Å². The van der Waals surface area contributed by atoms with Crippen molar-refractivity contribution in [3.63, 3.8) is 0 Å². The zero-order valence-corrected chi connectivity index (χ0v) is 5.67. The number of carbonyl (C=O) groups is 1. The van der Waals surface area contributed by atoms with E-state index in [4.69, 9.17) is 9.84 Å². The second kappa shape index (κ2) is 3.53. The predicted molar refractivity (Wildman–Crippen MR) is 34.9 cm³/mol. The maximum atomic E-state index is 10.4. The summed E-state index contributed by atoms with van der Waals surface area (Å²) in [7, 11) is 0. The standard InChI is InChI=1S/C6H11NO3/c8-6(9)5-1-3-10-4-2-7-5/h5,7H,1-4H2,(H,8,9)/t5-/m1/s1. The van der Waals surface area contributed by atoms with Gasteiger partial charge < -0.3 is 15.2 Å². The molecule has 0 spiro atoms. The van der Waals surface area contributed by atoms with E-state index in [0.29, 0.717) is 26.2 Å². The highest BCUT2D eigenvalue weighted by atomic mass is 16.5. The van der Waals surface area contributed by atoms with Gasteiger partial charge in [-0.25, -0.2) is 0 Å². The number of carboxylic acids is 1. The molecule has 1 saturated heterocycles. The van der Waals surface area contributed by atoms with Crippen LogP contribution in [0.15, 0.2) is 0 Å². The Labute approximate surface area is 59.2 Å². The van der Waals surface area contributed by atoms with Gasteiger partial charge in [-0.05, 0) is 6.42 Å². The lowest BCUT2D eigenvalue weighted by Gasteiger charge is -2.07. The van der Waals surface area contributed by atoms with E-state index in [1.807, 2.05) is 0 Å². The van der Waals surface area contributed by atoms with E-state index in [1.165, 1.54) is 0 Å². The molecular weight excluding hydrogens is 134 g/mol. The summed E-state index contributed by atoms with van der Waals surface area (Å²) in [4.78, 5) is 10.4. The Morgan fingerprint density at radius 2 is 2.40 bits per heavy atom. The number of rotatable bonds is 1. The lowest BCUT2D eigenvalue weighted by Crippen LogP contribution is -2.36. The quantitative estimate of drug-likeness (QED) is 0.519. The van der Waals surface area contributed by atoms with Crippen LogP contribution in [0.5, 0.6) is 0 Å². The van der Waals surface area contributed by atoms with E-state index in [0.717, 1.165) is 0 Å². The maximum Gasteiger partial charge on any atom is 0.320 e. The molecule has 4 nitrogen and oxygen atoms in total. The Kier molecular flexibility index (Phi) is 2.65. The molecule has 1 rings (SSSR count). The third-order valence-corrected chi connectivity index (χ3v) is 1.49. The van der Waals surface area contributed by atoms with Crippen molar-refractivity contribution in [3.8, 4) is 0 Å². The van der Waals surface area contributed by atoms with Crippen LogP contribution >= 0.6 is 0 Å². The average molecular weight is 145 g/mol. The summed E-state index contributed by atoms with van der Waals surface area (Å²) in [6.45, 7) is 1.80. The van der Waals surface area contributed by atoms with Gasteiger partial charge in [0.2, 0.25) is 0 Å². The van der Waals surface area contributed by atoms with Crippen LogP contribution in [0.3, 0.4) is 0 Å². The molecule has 1 heterocycles. The first-order valence-corrected chi connectivity index (χ1v) is 3.34. The second-order valence-electron chi connectivity index (χ2n) is 2.25. The summed E-state index contributed by atoms with van der Waals surface area (Å²) in [5.41, 5.74) is 0. The summed E-state index contributed by atoms with van der Waals surface area (Å²) >= 11 is 0. The molecule has 0 bridgehead atoms. The Balaban J connectivity index is 2.35. The van der Waals surface area contributed by atoms with Crippen LogP contribution in [0.1, 0.15) is 6.42 Å². The molecule has 0 radical (unpaired) electrons. The minimum absolute atomic E-state index is 0.414. The highest BCUT2D eigenvalue weighted by Crippen LogP contribution is 1.96. The van der Waals surface area contributed by atoms with Gasteiger partial charge in [0.15, 0.2) is 0 Å². The molecule has 0 amide bonds. The Morgan fingerprint density at radius 1 is 1.60 bits per heavy atom. The third kappa shape index (κ3) is 1.97. The fraction of sp³-hybridized carbons (Fsp3) is 0.833. The van der Waals surface area contributed by atoms with E-state index in [9.17, 15) is 4.79 Å². The zero-order chi connectivity index (χ0) is 7.40. The first kappa shape index (κ1) is 7.50. The molecule has 0 saturated carbocycles. The van der Waals surface area contributed by atoms with Crippen molar-refractivity contribution in [2.45, 2.75) is 12.5 Å². The van der Waals surface area contributed by atoms with Gasteiger partial charge in [0.05, 0.1) is 6.61 Å². The SMILES string of the molecule is O=C(O)[C@H]1CCOCCN1. The van der Waals surface area contributed by atoms with Gasteiger partial charge in [0, 0.05) is 13.2 Å². The van der Waals surface area contributed by atoms with Gasteiger partial charge in [-0.3, -0.25) is 4.79 Å². The Morgan fingerprint density at radius 3 is 3.10 bits per heavy atom. The van der Waals surface area contributed by atoms with Crippen LogP contribution in [0.2, 0.25) is 0 Å². The molecule has 4 heteroatoms. The molecule has 0 unspecified atom stereocenters. The molecule has 0 aromatic rings. The topological polar surface area (TPSA) is 58.6 Å². The maximum absolute atomic E-state index is 10.4. The van der Waals surface area contributed by atoms with Crippen LogP contribution in [-0.2, 0) is 9.53 Å². The Hall–Kier alpha value is -0.610. The molecule has 10 heavy (non-hydrogen) atoms.